The van der Waals surface area contributed by atoms with E-state index in [1.54, 1.807) is 19.0 Å². The average molecular weight is 379 g/mol. The Bertz CT molecular complexity index is 840. The van der Waals surface area contributed by atoms with Crippen LogP contribution in [0.3, 0.4) is 0 Å². The molecule has 1 atom stereocenters. The van der Waals surface area contributed by atoms with E-state index in [1.807, 2.05) is 24.3 Å². The van der Waals surface area contributed by atoms with Gasteiger partial charge in [0.1, 0.15) is 0 Å². The number of benzene rings is 2. The molecule has 0 aliphatic carbocycles. The van der Waals surface area contributed by atoms with Gasteiger partial charge in [0.15, 0.2) is 0 Å². The number of fused-ring (bicyclic) bond motifs is 1. The maximum Gasteiger partial charge on any atom is 0.253 e. The van der Waals surface area contributed by atoms with Crippen LogP contribution < -0.4 is 0 Å². The van der Waals surface area contributed by atoms with Crippen LogP contribution in [-0.4, -0.2) is 42.3 Å². The van der Waals surface area contributed by atoms with Crippen LogP contribution in [-0.2, 0) is 17.6 Å². The Morgan fingerprint density at radius 3 is 2.39 bits per heavy atom. The van der Waals surface area contributed by atoms with E-state index in [-0.39, 0.29) is 17.9 Å². The summed E-state index contributed by atoms with van der Waals surface area (Å²) in [5.74, 6) is 0.581. The standard InChI is InChI=1S/C24H30N2O2/c1-17(2)23-21-8-6-5-7-19(21)15-16-26(23)22(27)14-11-18-9-12-20(13-10-18)24(28)25(3)4/h5-10,12-13,17,23H,11,14-16H2,1-4H3. The highest BCUT2D eigenvalue weighted by atomic mass is 16.2. The lowest BCUT2D eigenvalue weighted by Gasteiger charge is -2.40. The molecule has 3 rings (SSSR count). The average Bonchev–Trinajstić information content (AvgIpc) is 2.70. The molecule has 2 aromatic carbocycles. The first kappa shape index (κ1) is 20.1. The van der Waals surface area contributed by atoms with E-state index in [0.717, 1.165) is 18.5 Å². The van der Waals surface area contributed by atoms with Crippen molar-refractivity contribution in [3.8, 4) is 0 Å². The van der Waals surface area contributed by atoms with Gasteiger partial charge in [-0.3, -0.25) is 9.59 Å². The number of hydrogen-bond donors (Lipinski definition) is 0. The molecule has 2 amide bonds. The molecule has 2 aromatic rings. The lowest BCUT2D eigenvalue weighted by Crippen LogP contribution is -2.42. The van der Waals surface area contributed by atoms with E-state index in [1.165, 1.54) is 11.1 Å². The van der Waals surface area contributed by atoms with Crippen LogP contribution in [0, 0.1) is 5.92 Å². The van der Waals surface area contributed by atoms with Gasteiger partial charge in [-0.25, -0.2) is 0 Å². The summed E-state index contributed by atoms with van der Waals surface area (Å²) in [4.78, 5) is 28.7. The Labute approximate surface area is 168 Å². The highest BCUT2D eigenvalue weighted by Crippen LogP contribution is 2.35. The second-order valence-corrected chi connectivity index (χ2v) is 8.12. The first-order valence-corrected chi connectivity index (χ1v) is 10.1. The Hall–Kier alpha value is -2.62. The topological polar surface area (TPSA) is 40.6 Å². The minimum atomic E-state index is -0.00520. The Kier molecular flexibility index (Phi) is 6.18. The molecule has 1 unspecified atom stereocenters. The van der Waals surface area contributed by atoms with Crippen molar-refractivity contribution >= 4 is 11.8 Å². The summed E-state index contributed by atoms with van der Waals surface area (Å²) < 4.78 is 0. The third-order valence-electron chi connectivity index (χ3n) is 5.52. The quantitative estimate of drug-likeness (QED) is 0.786. The monoisotopic (exact) mass is 378 g/mol. The van der Waals surface area contributed by atoms with Crippen molar-refractivity contribution < 1.29 is 9.59 Å². The first-order chi connectivity index (χ1) is 13.4. The predicted molar refractivity (Wildman–Crippen MR) is 112 cm³/mol. The lowest BCUT2D eigenvalue weighted by atomic mass is 9.86. The highest BCUT2D eigenvalue weighted by Gasteiger charge is 2.32. The van der Waals surface area contributed by atoms with Gasteiger partial charge < -0.3 is 9.80 Å². The van der Waals surface area contributed by atoms with Gasteiger partial charge in [0.05, 0.1) is 6.04 Å². The van der Waals surface area contributed by atoms with E-state index in [0.29, 0.717) is 24.3 Å². The predicted octanol–water partition coefficient (Wildman–Crippen LogP) is 4.10. The molecule has 1 aliphatic rings. The van der Waals surface area contributed by atoms with Crippen LogP contribution in [0.25, 0.3) is 0 Å². The van der Waals surface area contributed by atoms with Crippen molar-refractivity contribution in [2.24, 2.45) is 5.92 Å². The van der Waals surface area contributed by atoms with Crippen LogP contribution in [0.5, 0.6) is 0 Å². The Balaban J connectivity index is 1.67. The lowest BCUT2D eigenvalue weighted by molar-refractivity contribution is -0.135. The number of rotatable bonds is 5. The van der Waals surface area contributed by atoms with Crippen LogP contribution in [0.15, 0.2) is 48.5 Å². The van der Waals surface area contributed by atoms with E-state index in [4.69, 9.17) is 0 Å². The van der Waals surface area contributed by atoms with Crippen molar-refractivity contribution in [1.82, 2.24) is 9.80 Å². The largest absolute Gasteiger partial charge is 0.345 e. The molecule has 0 bridgehead atoms. The van der Waals surface area contributed by atoms with Gasteiger partial charge in [-0.15, -0.1) is 0 Å². The summed E-state index contributed by atoms with van der Waals surface area (Å²) >= 11 is 0. The van der Waals surface area contributed by atoms with Crippen molar-refractivity contribution in [3.05, 3.63) is 70.8 Å². The van der Waals surface area contributed by atoms with Gasteiger partial charge in [0.2, 0.25) is 5.91 Å². The number of hydrogen-bond acceptors (Lipinski definition) is 2. The molecule has 0 radical (unpaired) electrons. The summed E-state index contributed by atoms with van der Waals surface area (Å²) in [6.45, 7) is 5.16. The van der Waals surface area contributed by atoms with Gasteiger partial charge in [-0.1, -0.05) is 50.2 Å². The second kappa shape index (κ2) is 8.59. The van der Waals surface area contributed by atoms with E-state index < -0.39 is 0 Å². The van der Waals surface area contributed by atoms with Crippen LogP contribution in [0.2, 0.25) is 0 Å². The normalized spacial score (nSPS) is 16.0. The highest BCUT2D eigenvalue weighted by molar-refractivity contribution is 5.93. The maximum atomic E-state index is 13.0. The third-order valence-corrected chi connectivity index (χ3v) is 5.52. The molecule has 4 nitrogen and oxygen atoms in total. The molecule has 28 heavy (non-hydrogen) atoms. The fourth-order valence-electron chi connectivity index (χ4n) is 4.06. The van der Waals surface area contributed by atoms with Gasteiger partial charge in [-0.2, -0.15) is 0 Å². The van der Waals surface area contributed by atoms with E-state index in [2.05, 4.69) is 43.0 Å². The molecule has 0 fully saturated rings. The molecule has 0 aromatic heterocycles. The number of aryl methyl sites for hydroxylation is 1. The van der Waals surface area contributed by atoms with Crippen LogP contribution in [0.4, 0.5) is 0 Å². The summed E-state index contributed by atoms with van der Waals surface area (Å²) in [5.41, 5.74) is 4.42. The molecule has 4 heteroatoms. The number of carbonyl (C=O) groups is 2. The first-order valence-electron chi connectivity index (χ1n) is 10.1. The van der Waals surface area contributed by atoms with Gasteiger partial charge in [-0.05, 0) is 47.6 Å². The zero-order chi connectivity index (χ0) is 20.3. The molecule has 0 saturated carbocycles. The van der Waals surface area contributed by atoms with Crippen molar-refractivity contribution in [2.75, 3.05) is 20.6 Å². The Morgan fingerprint density at radius 2 is 1.75 bits per heavy atom. The van der Waals surface area contributed by atoms with Gasteiger partial charge >= 0.3 is 0 Å². The SMILES string of the molecule is CC(C)C1c2ccccc2CCN1C(=O)CCc1ccc(C(=O)N(C)C)cc1. The minimum absolute atomic E-state index is 0.00520. The van der Waals surface area contributed by atoms with Crippen molar-refractivity contribution in [2.45, 2.75) is 39.2 Å². The fourth-order valence-corrected chi connectivity index (χ4v) is 4.06. The molecule has 0 spiro atoms. The van der Waals surface area contributed by atoms with Crippen molar-refractivity contribution in [3.63, 3.8) is 0 Å². The zero-order valence-corrected chi connectivity index (χ0v) is 17.3. The molecule has 1 heterocycles. The minimum Gasteiger partial charge on any atom is -0.345 e. The van der Waals surface area contributed by atoms with Gasteiger partial charge in [0.25, 0.3) is 5.91 Å². The smallest absolute Gasteiger partial charge is 0.253 e. The number of amides is 2. The molecule has 148 valence electrons. The molecule has 0 N–H and O–H groups in total. The summed E-state index contributed by atoms with van der Waals surface area (Å²) in [7, 11) is 3.49. The molecular weight excluding hydrogens is 348 g/mol. The molecular formula is C24H30N2O2. The third kappa shape index (κ3) is 4.27. The maximum absolute atomic E-state index is 13.0. The number of carbonyl (C=O) groups excluding carboxylic acids is 2. The molecule has 0 saturated heterocycles. The number of nitrogens with zero attached hydrogens (tertiary/aromatic N) is 2. The summed E-state index contributed by atoms with van der Waals surface area (Å²) in [5, 5.41) is 0. The zero-order valence-electron chi connectivity index (χ0n) is 17.3. The van der Waals surface area contributed by atoms with Crippen molar-refractivity contribution in [1.29, 1.82) is 0 Å². The Morgan fingerprint density at radius 1 is 1.07 bits per heavy atom. The van der Waals surface area contributed by atoms with Crippen LogP contribution in [0.1, 0.15) is 53.4 Å². The fraction of sp³-hybridized carbons (Fsp3) is 0.417. The van der Waals surface area contributed by atoms with E-state index >= 15 is 0 Å². The van der Waals surface area contributed by atoms with E-state index in [9.17, 15) is 9.59 Å². The summed E-state index contributed by atoms with van der Waals surface area (Å²) in [6, 6.07) is 16.2. The summed E-state index contributed by atoms with van der Waals surface area (Å²) in [6.07, 6.45) is 2.11. The molecule has 1 aliphatic heterocycles. The van der Waals surface area contributed by atoms with Crippen LogP contribution >= 0.6 is 0 Å². The second-order valence-electron chi connectivity index (χ2n) is 8.12. The van der Waals surface area contributed by atoms with Gasteiger partial charge in [0, 0.05) is 32.6 Å².